The van der Waals surface area contributed by atoms with Crippen molar-refractivity contribution in [3.8, 4) is 0 Å². The molecule has 0 bridgehead atoms. The second kappa shape index (κ2) is 18.8. The van der Waals surface area contributed by atoms with Crippen molar-refractivity contribution in [2.45, 2.75) is 181 Å². The molecule has 0 heterocycles. The quantitative estimate of drug-likeness (QED) is 0.0997. The summed E-state index contributed by atoms with van der Waals surface area (Å²) >= 11 is -4.11. The van der Waals surface area contributed by atoms with Crippen molar-refractivity contribution in [2.24, 2.45) is 0 Å². The predicted octanol–water partition coefficient (Wildman–Crippen LogP) is 11.4. The Morgan fingerprint density at radius 1 is 0.324 bits per heavy atom. The van der Waals surface area contributed by atoms with Crippen molar-refractivity contribution in [3.05, 3.63) is 0 Å². The van der Waals surface area contributed by atoms with Crippen LogP contribution in [0.3, 0.4) is 0 Å². The minimum atomic E-state index is -4.11. The number of rotatable bonds is 24. The van der Waals surface area contributed by atoms with Crippen molar-refractivity contribution < 1.29 is 30.2 Å². The van der Waals surface area contributed by atoms with E-state index in [1.807, 2.05) is 0 Å². The van der Waals surface area contributed by atoms with Gasteiger partial charge in [-0.1, -0.05) is 0 Å². The van der Waals surface area contributed by atoms with E-state index >= 15 is 0 Å². The summed E-state index contributed by atoms with van der Waals surface area (Å²) in [6.45, 7) is 28.4. The average molecular weight is 629 g/mol. The Morgan fingerprint density at radius 2 is 0.459 bits per heavy atom. The van der Waals surface area contributed by atoms with Crippen molar-refractivity contribution in [3.63, 3.8) is 0 Å². The van der Waals surface area contributed by atoms with E-state index in [-0.39, 0.29) is 0 Å². The van der Waals surface area contributed by atoms with E-state index in [2.05, 4.69) is 81.6 Å². The molecule has 0 atom stereocenters. The van der Waals surface area contributed by atoms with Crippen molar-refractivity contribution in [2.75, 3.05) is 0 Å². The molecule has 0 radical (unpaired) electrons. The van der Waals surface area contributed by atoms with Gasteiger partial charge in [0.2, 0.25) is 0 Å². The molecule has 0 spiro atoms. The Kier molecular flexibility index (Phi) is 19.5. The molecule has 0 aromatic carbocycles. The van der Waals surface area contributed by atoms with E-state index in [1.165, 1.54) is 48.4 Å². The Balaban J connectivity index is 7.13. The van der Waals surface area contributed by atoms with Gasteiger partial charge in [0.05, 0.1) is 0 Å². The van der Waals surface area contributed by atoms with Gasteiger partial charge in [-0.05, 0) is 0 Å². The Hall–Kier alpha value is 1.42. The molecule has 0 aromatic heterocycles. The Bertz CT molecular complexity index is 471. The first kappa shape index (κ1) is 38.4. The Morgan fingerprint density at radius 3 is 0.568 bits per heavy atom. The summed E-state index contributed by atoms with van der Waals surface area (Å²) in [7, 11) is -8.19. The van der Waals surface area contributed by atoms with Crippen LogP contribution < -0.4 is 0 Å². The molecule has 0 aliphatic rings. The van der Waals surface area contributed by atoms with Gasteiger partial charge in [0.1, 0.15) is 0 Å². The molecule has 37 heavy (non-hydrogen) atoms. The predicted molar refractivity (Wildman–Crippen MR) is 172 cm³/mol. The summed E-state index contributed by atoms with van der Waals surface area (Å²) in [4.78, 5) is 0. The van der Waals surface area contributed by atoms with Gasteiger partial charge in [-0.2, -0.15) is 0 Å². The number of hydrogen-bond acceptors (Lipinski definition) is 4. The Labute approximate surface area is 243 Å². The standard InChI is InChI=1S/4C7H17OSi.Ti/c4*1-4-6-9(3,8)7-5-2;/h4*4-7H2,1-3H3;/q4*-1;+4. The second-order valence-electron chi connectivity index (χ2n) is 12.7. The third-order valence-corrected chi connectivity index (χ3v) is 37.1. The first-order valence-electron chi connectivity index (χ1n) is 16.1. The van der Waals surface area contributed by atoms with Crippen LogP contribution in [0.25, 0.3) is 0 Å². The van der Waals surface area contributed by atoms with E-state index in [4.69, 9.17) is 12.0 Å². The molecule has 0 unspecified atom stereocenters. The van der Waals surface area contributed by atoms with Crippen LogP contribution in [0.5, 0.6) is 0 Å². The van der Waals surface area contributed by atoms with Gasteiger partial charge in [-0.15, -0.1) is 0 Å². The molecule has 0 N–H and O–H groups in total. The van der Waals surface area contributed by atoms with Gasteiger partial charge in [-0.3, -0.25) is 0 Å². The fourth-order valence-electron chi connectivity index (χ4n) is 6.47. The van der Waals surface area contributed by atoms with Crippen LogP contribution in [0.1, 0.15) is 107 Å². The topological polar surface area (TPSA) is 36.9 Å². The van der Waals surface area contributed by atoms with Gasteiger partial charge < -0.3 is 0 Å². The van der Waals surface area contributed by atoms with Crippen LogP contribution in [0, 0.1) is 0 Å². The van der Waals surface area contributed by atoms with Crippen LogP contribution in [0.4, 0.5) is 0 Å². The zero-order chi connectivity index (χ0) is 28.6. The van der Waals surface area contributed by atoms with E-state index in [1.54, 1.807) is 0 Å². The molecule has 0 rings (SSSR count). The second-order valence-corrected chi connectivity index (χ2v) is 34.5. The molecule has 0 aliphatic heterocycles. The summed E-state index contributed by atoms with van der Waals surface area (Å²) < 4.78 is 30.5. The molecule has 0 aliphatic carbocycles. The van der Waals surface area contributed by atoms with Crippen LogP contribution in [0.2, 0.25) is 74.5 Å². The molecule has 0 fully saturated rings. The first-order chi connectivity index (χ1) is 17.3. The summed E-state index contributed by atoms with van der Waals surface area (Å²) in [5.41, 5.74) is 0. The average Bonchev–Trinajstić information content (AvgIpc) is 2.74. The molecule has 224 valence electrons. The summed E-state index contributed by atoms with van der Waals surface area (Å²) in [6, 6.07) is 9.36. The molecule has 0 saturated carbocycles. The normalized spacial score (nSPS) is 13.9. The number of hydrogen-bond donors (Lipinski definition) is 0. The van der Waals surface area contributed by atoms with E-state index in [0.717, 1.165) is 51.4 Å². The third-order valence-electron chi connectivity index (χ3n) is 7.72. The van der Waals surface area contributed by atoms with Crippen LogP contribution in [-0.2, 0) is 30.2 Å². The van der Waals surface area contributed by atoms with Gasteiger partial charge >= 0.3 is 245 Å². The fraction of sp³-hybridized carbons (Fsp3) is 1.00. The summed E-state index contributed by atoms with van der Waals surface area (Å²) in [6.07, 6.45) is 9.31. The van der Waals surface area contributed by atoms with Crippen LogP contribution >= 0.6 is 0 Å². The molecule has 4 nitrogen and oxygen atoms in total. The van der Waals surface area contributed by atoms with Crippen molar-refractivity contribution in [1.29, 1.82) is 0 Å². The zero-order valence-electron chi connectivity index (χ0n) is 27.4. The van der Waals surface area contributed by atoms with E-state index in [0.29, 0.717) is 0 Å². The monoisotopic (exact) mass is 628 g/mol. The van der Waals surface area contributed by atoms with Gasteiger partial charge in [0, 0.05) is 0 Å². The van der Waals surface area contributed by atoms with Crippen LogP contribution in [-0.4, -0.2) is 33.3 Å². The van der Waals surface area contributed by atoms with E-state index < -0.39 is 51.4 Å². The van der Waals surface area contributed by atoms with Gasteiger partial charge in [0.25, 0.3) is 0 Å². The van der Waals surface area contributed by atoms with Gasteiger partial charge in [-0.25, -0.2) is 0 Å². The molecule has 9 heteroatoms. The minimum absolute atomic E-state index is 1.16. The SMILES string of the molecule is CCC[Si](C)(CCC)[O][Ti]([O][Si](C)(CCC)CCC)([O][Si](C)(CCC)CCC)[O][Si](C)(CCC)CCC. The van der Waals surface area contributed by atoms with Gasteiger partial charge in [0.15, 0.2) is 0 Å². The molecular formula is C28H68O4Si4Ti. The maximum atomic E-state index is 7.64. The first-order valence-corrected chi connectivity index (χ1v) is 30.0. The van der Waals surface area contributed by atoms with E-state index in [9.17, 15) is 0 Å². The third kappa shape index (κ3) is 14.2. The summed E-state index contributed by atoms with van der Waals surface area (Å²) in [5, 5.41) is 0. The molecule has 0 amide bonds. The fourth-order valence-corrected chi connectivity index (χ4v) is 38.8. The zero-order valence-corrected chi connectivity index (χ0v) is 33.0. The molecule has 0 aromatic rings. The maximum absolute atomic E-state index is 7.64. The molecular weight excluding hydrogens is 561 g/mol. The van der Waals surface area contributed by atoms with Crippen molar-refractivity contribution in [1.82, 2.24) is 0 Å². The van der Waals surface area contributed by atoms with Crippen molar-refractivity contribution >= 4 is 33.3 Å². The van der Waals surface area contributed by atoms with Crippen LogP contribution in [0.15, 0.2) is 0 Å². The summed E-state index contributed by atoms with van der Waals surface area (Å²) in [5.74, 6) is 0. The molecule has 0 saturated heterocycles.